The second kappa shape index (κ2) is 10.4. The number of hydrogen-bond donors (Lipinski definition) is 2. The van der Waals surface area contributed by atoms with Gasteiger partial charge in [0.25, 0.3) is 0 Å². The first-order valence-electron chi connectivity index (χ1n) is 10.1. The molecule has 0 aliphatic carbocycles. The molecule has 31 heavy (non-hydrogen) atoms. The number of aromatic amines is 1. The minimum absolute atomic E-state index is 0.291. The Kier molecular flexibility index (Phi) is 7.37. The van der Waals surface area contributed by atoms with Gasteiger partial charge < -0.3 is 14.5 Å². The van der Waals surface area contributed by atoms with Crippen LogP contribution in [0.5, 0.6) is 0 Å². The second-order valence-corrected chi connectivity index (χ2v) is 7.24. The van der Waals surface area contributed by atoms with E-state index in [9.17, 15) is 14.4 Å². The lowest BCUT2D eigenvalue weighted by Crippen LogP contribution is -2.39. The summed E-state index contributed by atoms with van der Waals surface area (Å²) in [5, 5.41) is 8.43. The zero-order chi connectivity index (χ0) is 22.2. The first-order chi connectivity index (χ1) is 15.0. The molecule has 0 saturated carbocycles. The van der Waals surface area contributed by atoms with E-state index in [4.69, 9.17) is 9.15 Å². The maximum atomic E-state index is 12.4. The number of esters is 1. The van der Waals surface area contributed by atoms with Gasteiger partial charge in [0.2, 0.25) is 0 Å². The van der Waals surface area contributed by atoms with Crippen LogP contribution in [0.2, 0.25) is 0 Å². The number of carbonyl (C=O) groups excluding carboxylic acids is 2. The third-order valence-electron chi connectivity index (χ3n) is 4.84. The Morgan fingerprint density at radius 1 is 1.10 bits per heavy atom. The summed E-state index contributed by atoms with van der Waals surface area (Å²) >= 11 is 0. The monoisotopic (exact) mass is 423 g/mol. The summed E-state index contributed by atoms with van der Waals surface area (Å²) in [4.78, 5) is 35.6. The number of carbonyl (C=O) groups is 2. The van der Waals surface area contributed by atoms with E-state index in [-0.39, 0.29) is 11.9 Å². The number of hydrogen-bond acceptors (Lipinski definition) is 6. The molecule has 0 radical (unpaired) electrons. The van der Waals surface area contributed by atoms with E-state index in [1.54, 1.807) is 13.8 Å². The zero-order valence-electron chi connectivity index (χ0n) is 17.5. The van der Waals surface area contributed by atoms with Gasteiger partial charge in [-0.3, -0.25) is 9.59 Å². The largest absolute Gasteiger partial charge is 0.466 e. The van der Waals surface area contributed by atoms with Crippen LogP contribution in [0.3, 0.4) is 0 Å². The quantitative estimate of drug-likeness (QED) is 0.512. The molecule has 0 aliphatic rings. The molecule has 1 heterocycles. The van der Waals surface area contributed by atoms with Crippen LogP contribution in [0.15, 0.2) is 63.8 Å². The highest BCUT2D eigenvalue weighted by molar-refractivity contribution is 5.89. The van der Waals surface area contributed by atoms with Gasteiger partial charge in [-0.25, -0.2) is 9.89 Å². The number of nitrogens with zero attached hydrogens (tertiary/aromatic N) is 1. The lowest BCUT2D eigenvalue weighted by atomic mass is 9.95. The first kappa shape index (κ1) is 22.0. The van der Waals surface area contributed by atoms with E-state index in [1.165, 1.54) is 0 Å². The zero-order valence-corrected chi connectivity index (χ0v) is 17.5. The molecule has 1 amide bonds. The molecule has 8 nitrogen and oxygen atoms in total. The van der Waals surface area contributed by atoms with E-state index in [0.29, 0.717) is 19.4 Å². The van der Waals surface area contributed by atoms with Crippen LogP contribution in [0.4, 0.5) is 0 Å². The van der Waals surface area contributed by atoms with Gasteiger partial charge in [-0.2, -0.15) is 0 Å². The minimum Gasteiger partial charge on any atom is -0.466 e. The average molecular weight is 423 g/mol. The van der Waals surface area contributed by atoms with Crippen molar-refractivity contribution in [2.24, 2.45) is 5.92 Å². The van der Waals surface area contributed by atoms with E-state index in [1.807, 2.05) is 54.6 Å². The summed E-state index contributed by atoms with van der Waals surface area (Å²) in [5.74, 6) is -2.52. The third kappa shape index (κ3) is 6.15. The highest BCUT2D eigenvalue weighted by Crippen LogP contribution is 2.21. The average Bonchev–Trinajstić information content (AvgIpc) is 3.21. The minimum atomic E-state index is -0.807. The molecule has 1 aromatic heterocycles. The third-order valence-corrected chi connectivity index (χ3v) is 4.84. The van der Waals surface area contributed by atoms with Gasteiger partial charge in [-0.15, -0.1) is 5.10 Å². The Morgan fingerprint density at radius 2 is 1.77 bits per heavy atom. The topological polar surface area (TPSA) is 114 Å². The highest BCUT2D eigenvalue weighted by Gasteiger charge is 2.24. The smallest absolute Gasteiger partial charge is 0.434 e. The van der Waals surface area contributed by atoms with E-state index >= 15 is 0 Å². The lowest BCUT2D eigenvalue weighted by Gasteiger charge is -2.21. The van der Waals surface area contributed by atoms with Crippen LogP contribution in [-0.2, 0) is 16.0 Å². The molecule has 3 rings (SSSR count). The molecule has 2 atom stereocenters. The number of aromatic nitrogens is 2. The summed E-state index contributed by atoms with van der Waals surface area (Å²) in [6.45, 7) is 3.79. The summed E-state index contributed by atoms with van der Waals surface area (Å²) < 4.78 is 9.81. The molecule has 0 bridgehead atoms. The molecule has 0 aliphatic heterocycles. The predicted octanol–water partition coefficient (Wildman–Crippen LogP) is 2.96. The van der Waals surface area contributed by atoms with Crippen molar-refractivity contribution in [3.8, 4) is 11.1 Å². The van der Waals surface area contributed by atoms with Crippen LogP contribution < -0.4 is 11.1 Å². The standard InChI is InChI=1S/C23H25N3O5/c1-3-30-22(28)15(2)13-19(24-20(27)21-25-26-23(29)31-21)14-16-9-11-18(12-10-16)17-7-5-4-6-8-17/h4-12,15,19H,3,13-14H2,1-2H3,(H,24,27)(H,26,29)/t15-,19?/m1/s1. The summed E-state index contributed by atoms with van der Waals surface area (Å²) in [7, 11) is 0. The number of H-pyrrole nitrogens is 1. The van der Waals surface area contributed by atoms with Gasteiger partial charge in [0.15, 0.2) is 0 Å². The maximum Gasteiger partial charge on any atom is 0.434 e. The summed E-state index contributed by atoms with van der Waals surface area (Å²) in [6, 6.07) is 17.6. The molecule has 0 saturated heterocycles. The van der Waals surface area contributed by atoms with Crippen molar-refractivity contribution in [3.63, 3.8) is 0 Å². The summed E-state index contributed by atoms with van der Waals surface area (Å²) in [6.07, 6.45) is 0.846. The summed E-state index contributed by atoms with van der Waals surface area (Å²) in [5.41, 5.74) is 3.19. The Balaban J connectivity index is 1.74. The number of nitrogens with one attached hydrogen (secondary N) is 2. The van der Waals surface area contributed by atoms with Crippen molar-refractivity contribution in [1.29, 1.82) is 0 Å². The van der Waals surface area contributed by atoms with Crippen LogP contribution >= 0.6 is 0 Å². The molecule has 0 fully saturated rings. The van der Waals surface area contributed by atoms with Crippen molar-refractivity contribution in [1.82, 2.24) is 15.5 Å². The van der Waals surface area contributed by atoms with Crippen molar-refractivity contribution in [2.75, 3.05) is 6.61 Å². The van der Waals surface area contributed by atoms with Crippen LogP contribution in [0.25, 0.3) is 11.1 Å². The Morgan fingerprint density at radius 3 is 2.39 bits per heavy atom. The molecular weight excluding hydrogens is 398 g/mol. The van der Waals surface area contributed by atoms with Gasteiger partial charge in [-0.05, 0) is 36.5 Å². The van der Waals surface area contributed by atoms with E-state index < -0.39 is 23.6 Å². The molecular formula is C23H25N3O5. The number of benzene rings is 2. The van der Waals surface area contributed by atoms with Crippen LogP contribution in [0, 0.1) is 5.92 Å². The molecule has 2 aromatic carbocycles. The Bertz CT molecular complexity index is 1060. The van der Waals surface area contributed by atoms with Gasteiger partial charge in [0.1, 0.15) is 0 Å². The fourth-order valence-corrected chi connectivity index (χ4v) is 3.32. The molecule has 1 unspecified atom stereocenters. The molecule has 3 aromatic rings. The first-order valence-corrected chi connectivity index (χ1v) is 10.1. The maximum absolute atomic E-state index is 12.4. The highest BCUT2D eigenvalue weighted by atomic mass is 16.5. The fourth-order valence-electron chi connectivity index (χ4n) is 3.32. The van der Waals surface area contributed by atoms with E-state index in [0.717, 1.165) is 16.7 Å². The Hall–Kier alpha value is -3.68. The van der Waals surface area contributed by atoms with Gasteiger partial charge in [0.05, 0.1) is 12.5 Å². The van der Waals surface area contributed by atoms with Gasteiger partial charge in [-0.1, -0.05) is 61.5 Å². The predicted molar refractivity (Wildman–Crippen MR) is 114 cm³/mol. The van der Waals surface area contributed by atoms with Crippen LogP contribution in [0.1, 0.15) is 36.5 Å². The van der Waals surface area contributed by atoms with Crippen molar-refractivity contribution in [2.45, 2.75) is 32.7 Å². The fraction of sp³-hybridized carbons (Fsp3) is 0.304. The van der Waals surface area contributed by atoms with Gasteiger partial charge >= 0.3 is 23.5 Å². The van der Waals surface area contributed by atoms with Gasteiger partial charge in [0, 0.05) is 6.04 Å². The number of amides is 1. The lowest BCUT2D eigenvalue weighted by molar-refractivity contribution is -0.147. The number of rotatable bonds is 9. The SMILES string of the molecule is CCOC(=O)[C@H](C)CC(Cc1ccc(-c2ccccc2)cc1)NC(=O)c1n[nH]c(=O)o1. The molecule has 0 spiro atoms. The van der Waals surface area contributed by atoms with Crippen LogP contribution in [-0.4, -0.2) is 34.7 Å². The normalized spacial score (nSPS) is 12.7. The van der Waals surface area contributed by atoms with Crippen molar-refractivity contribution in [3.05, 3.63) is 76.6 Å². The molecule has 162 valence electrons. The second-order valence-electron chi connectivity index (χ2n) is 7.24. The molecule has 8 heteroatoms. The van der Waals surface area contributed by atoms with E-state index in [2.05, 4.69) is 15.5 Å². The van der Waals surface area contributed by atoms with Crippen molar-refractivity contribution < 1.29 is 18.7 Å². The number of ether oxygens (including phenoxy) is 1. The Labute approximate surface area is 179 Å². The van der Waals surface area contributed by atoms with Crippen molar-refractivity contribution >= 4 is 11.9 Å². The molecule has 2 N–H and O–H groups in total.